The van der Waals surface area contributed by atoms with Crippen molar-refractivity contribution in [1.82, 2.24) is 20.2 Å². The van der Waals surface area contributed by atoms with E-state index in [1.807, 2.05) is 4.98 Å². The van der Waals surface area contributed by atoms with Gasteiger partial charge in [-0.2, -0.15) is 0 Å². The van der Waals surface area contributed by atoms with E-state index in [-0.39, 0.29) is 17.0 Å². The number of aromatic carboxylic acids is 1. The first-order chi connectivity index (χ1) is 8.08. The van der Waals surface area contributed by atoms with Crippen LogP contribution in [-0.4, -0.2) is 31.2 Å². The fourth-order valence-electron chi connectivity index (χ4n) is 1.19. The molecule has 0 aliphatic rings. The number of H-pyrrole nitrogens is 2. The number of carbonyl (C=O) groups is 1. The molecule has 2 aromatic rings. The Labute approximate surface area is 93.0 Å². The molecule has 0 unspecified atom stereocenters. The number of hydrogen-bond donors (Lipinski definition) is 3. The van der Waals surface area contributed by atoms with Crippen LogP contribution in [0.3, 0.4) is 0 Å². The van der Waals surface area contributed by atoms with Crippen molar-refractivity contribution >= 4 is 5.97 Å². The molecule has 0 aromatic carbocycles. The Hall–Kier alpha value is -2.77. The Balaban J connectivity index is 2.50. The third kappa shape index (κ3) is 2.09. The first-order valence-corrected chi connectivity index (χ1v) is 4.47. The van der Waals surface area contributed by atoms with E-state index >= 15 is 0 Å². The van der Waals surface area contributed by atoms with Crippen LogP contribution >= 0.6 is 0 Å². The number of carboxylic acids is 1. The molecule has 0 aliphatic heterocycles. The lowest BCUT2D eigenvalue weighted by Gasteiger charge is -1.98. The molecule has 17 heavy (non-hydrogen) atoms. The zero-order valence-corrected chi connectivity index (χ0v) is 8.30. The lowest BCUT2D eigenvalue weighted by molar-refractivity contribution is 0.0689. The predicted octanol–water partition coefficient (Wildman–Crippen LogP) is -0.782. The van der Waals surface area contributed by atoms with Gasteiger partial charge < -0.3 is 10.1 Å². The van der Waals surface area contributed by atoms with E-state index in [2.05, 4.69) is 15.2 Å². The SMILES string of the molecule is O=C(O)c1ccc(-c2c[nH]c(=O)[nH]c2=O)nn1. The van der Waals surface area contributed by atoms with Crippen molar-refractivity contribution in [1.29, 1.82) is 0 Å². The van der Waals surface area contributed by atoms with Crippen LogP contribution in [0.25, 0.3) is 11.3 Å². The summed E-state index contributed by atoms with van der Waals surface area (Å²) < 4.78 is 0. The molecule has 0 aliphatic carbocycles. The van der Waals surface area contributed by atoms with Crippen molar-refractivity contribution in [3.8, 4) is 11.3 Å². The van der Waals surface area contributed by atoms with Gasteiger partial charge in [0.15, 0.2) is 5.69 Å². The van der Waals surface area contributed by atoms with E-state index in [1.54, 1.807) is 0 Å². The van der Waals surface area contributed by atoms with Gasteiger partial charge in [0.05, 0.1) is 11.3 Å². The van der Waals surface area contributed by atoms with Crippen molar-refractivity contribution in [2.24, 2.45) is 0 Å². The average Bonchev–Trinajstić information content (AvgIpc) is 2.29. The molecule has 3 N–H and O–H groups in total. The summed E-state index contributed by atoms with van der Waals surface area (Å²) in [6.07, 6.45) is 1.19. The van der Waals surface area contributed by atoms with Gasteiger partial charge in [-0.3, -0.25) is 9.78 Å². The Bertz CT molecular complexity index is 670. The maximum Gasteiger partial charge on any atom is 0.356 e. The van der Waals surface area contributed by atoms with Crippen LogP contribution in [0.5, 0.6) is 0 Å². The van der Waals surface area contributed by atoms with Crippen molar-refractivity contribution in [2.45, 2.75) is 0 Å². The highest BCUT2D eigenvalue weighted by molar-refractivity contribution is 5.85. The zero-order valence-electron chi connectivity index (χ0n) is 8.30. The number of carboxylic acid groups (broad SMARTS) is 1. The van der Waals surface area contributed by atoms with Crippen molar-refractivity contribution in [2.75, 3.05) is 0 Å². The van der Waals surface area contributed by atoms with E-state index in [1.165, 1.54) is 18.3 Å². The summed E-state index contributed by atoms with van der Waals surface area (Å²) in [5, 5.41) is 15.6. The van der Waals surface area contributed by atoms with Crippen LogP contribution in [-0.2, 0) is 0 Å². The molecule has 0 spiro atoms. The van der Waals surface area contributed by atoms with Gasteiger partial charge in [-0.15, -0.1) is 10.2 Å². The van der Waals surface area contributed by atoms with Crippen molar-refractivity contribution in [3.05, 3.63) is 44.9 Å². The fraction of sp³-hybridized carbons (Fsp3) is 0. The quantitative estimate of drug-likeness (QED) is 0.625. The normalized spacial score (nSPS) is 10.1. The second kappa shape index (κ2) is 4.00. The summed E-state index contributed by atoms with van der Waals surface area (Å²) in [7, 11) is 0. The van der Waals surface area contributed by atoms with Gasteiger partial charge in [-0.05, 0) is 12.1 Å². The second-order valence-electron chi connectivity index (χ2n) is 3.09. The van der Waals surface area contributed by atoms with E-state index in [0.717, 1.165) is 0 Å². The minimum atomic E-state index is -1.21. The molecule has 8 nitrogen and oxygen atoms in total. The topological polar surface area (TPSA) is 129 Å². The second-order valence-corrected chi connectivity index (χ2v) is 3.09. The highest BCUT2D eigenvalue weighted by atomic mass is 16.4. The van der Waals surface area contributed by atoms with Crippen LogP contribution in [0, 0.1) is 0 Å². The molecule has 2 heterocycles. The van der Waals surface area contributed by atoms with Crippen molar-refractivity contribution < 1.29 is 9.90 Å². The molecular formula is C9H6N4O4. The number of hydrogen-bond acceptors (Lipinski definition) is 5. The smallest absolute Gasteiger partial charge is 0.356 e. The Morgan fingerprint density at radius 3 is 2.53 bits per heavy atom. The van der Waals surface area contributed by atoms with Gasteiger partial charge in [0, 0.05) is 6.20 Å². The molecule has 0 saturated heterocycles. The number of aromatic amines is 2. The Kier molecular flexibility index (Phi) is 2.53. The van der Waals surface area contributed by atoms with Gasteiger partial charge in [0.2, 0.25) is 0 Å². The molecule has 0 fully saturated rings. The maximum atomic E-state index is 11.4. The molecule has 8 heteroatoms. The minimum Gasteiger partial charge on any atom is -0.476 e. The van der Waals surface area contributed by atoms with Gasteiger partial charge >= 0.3 is 11.7 Å². The lowest BCUT2D eigenvalue weighted by atomic mass is 10.2. The minimum absolute atomic E-state index is 0.106. The summed E-state index contributed by atoms with van der Waals surface area (Å²) >= 11 is 0. The van der Waals surface area contributed by atoms with Gasteiger partial charge in [-0.1, -0.05) is 0 Å². The first kappa shape index (κ1) is 10.7. The summed E-state index contributed by atoms with van der Waals surface area (Å²) in [5.41, 5.74) is -1.20. The lowest BCUT2D eigenvalue weighted by Crippen LogP contribution is -2.23. The number of aromatic nitrogens is 4. The van der Waals surface area contributed by atoms with Gasteiger partial charge in [0.1, 0.15) is 0 Å². The number of nitrogens with zero attached hydrogens (tertiary/aromatic N) is 2. The molecule has 0 radical (unpaired) electrons. The molecular weight excluding hydrogens is 228 g/mol. The fourth-order valence-corrected chi connectivity index (χ4v) is 1.19. The van der Waals surface area contributed by atoms with E-state index in [4.69, 9.17) is 5.11 Å². The van der Waals surface area contributed by atoms with E-state index < -0.39 is 17.2 Å². The predicted molar refractivity (Wildman–Crippen MR) is 55.7 cm³/mol. The van der Waals surface area contributed by atoms with Crippen LogP contribution < -0.4 is 11.2 Å². The molecule has 0 atom stereocenters. The van der Waals surface area contributed by atoms with Crippen LogP contribution in [0.4, 0.5) is 0 Å². The molecule has 86 valence electrons. The van der Waals surface area contributed by atoms with Crippen LogP contribution in [0.2, 0.25) is 0 Å². The number of nitrogens with one attached hydrogen (secondary N) is 2. The maximum absolute atomic E-state index is 11.4. The summed E-state index contributed by atoms with van der Waals surface area (Å²) in [6.45, 7) is 0. The van der Waals surface area contributed by atoms with Gasteiger partial charge in [-0.25, -0.2) is 9.59 Å². The van der Waals surface area contributed by atoms with Crippen LogP contribution in [0.15, 0.2) is 27.9 Å². The summed E-state index contributed by atoms with van der Waals surface area (Å²) in [4.78, 5) is 37.0. The first-order valence-electron chi connectivity index (χ1n) is 4.47. The summed E-state index contributed by atoms with van der Waals surface area (Å²) in [5.74, 6) is -1.21. The zero-order chi connectivity index (χ0) is 12.4. The molecule has 0 bridgehead atoms. The molecule has 0 amide bonds. The van der Waals surface area contributed by atoms with E-state index in [0.29, 0.717) is 0 Å². The largest absolute Gasteiger partial charge is 0.476 e. The average molecular weight is 234 g/mol. The Morgan fingerprint density at radius 2 is 2.00 bits per heavy atom. The number of rotatable bonds is 2. The Morgan fingerprint density at radius 1 is 1.24 bits per heavy atom. The third-order valence-corrected chi connectivity index (χ3v) is 1.98. The van der Waals surface area contributed by atoms with Crippen LogP contribution in [0.1, 0.15) is 10.5 Å². The molecule has 2 aromatic heterocycles. The molecule has 2 rings (SSSR count). The van der Waals surface area contributed by atoms with Gasteiger partial charge in [0.25, 0.3) is 5.56 Å². The van der Waals surface area contributed by atoms with Crippen molar-refractivity contribution in [3.63, 3.8) is 0 Å². The highest BCUT2D eigenvalue weighted by Gasteiger charge is 2.09. The highest BCUT2D eigenvalue weighted by Crippen LogP contribution is 2.08. The van der Waals surface area contributed by atoms with E-state index in [9.17, 15) is 14.4 Å². The molecule has 0 saturated carbocycles. The standard InChI is InChI=1S/C9H6N4O4/c14-7-4(3-10-9(17)11-7)5-1-2-6(8(15)16)13-12-5/h1-3H,(H,15,16)(H2,10,11,14,17). The monoisotopic (exact) mass is 234 g/mol. The third-order valence-electron chi connectivity index (χ3n) is 1.98. The summed E-state index contributed by atoms with van der Waals surface area (Å²) in [6, 6.07) is 2.55.